The van der Waals surface area contributed by atoms with Crippen LogP contribution in [0, 0.1) is 5.41 Å². The Kier molecular flexibility index (Phi) is 8.03. The number of hydrogen-bond donors (Lipinski definition) is 1. The number of carbonyl (C=O) groups excluding carboxylic acids is 2. The van der Waals surface area contributed by atoms with Crippen molar-refractivity contribution in [3.63, 3.8) is 0 Å². The lowest BCUT2D eigenvalue weighted by atomic mass is 9.89. The second-order valence-corrected chi connectivity index (χ2v) is 4.48. The van der Waals surface area contributed by atoms with Crippen LogP contribution < -0.4 is 5.32 Å². The number of ether oxygens (including phenoxy) is 2. The zero-order chi connectivity index (χ0) is 14.0. The number of rotatable bonds is 9. The van der Waals surface area contributed by atoms with Crippen molar-refractivity contribution in [3.05, 3.63) is 12.7 Å². The monoisotopic (exact) mass is 257 g/mol. The molecule has 0 fully saturated rings. The summed E-state index contributed by atoms with van der Waals surface area (Å²) in [4.78, 5) is 22.3. The van der Waals surface area contributed by atoms with E-state index in [1.165, 1.54) is 0 Å². The molecular formula is C13H23NO4. The molecule has 0 bridgehead atoms. The minimum Gasteiger partial charge on any atom is -0.460 e. The van der Waals surface area contributed by atoms with Gasteiger partial charge < -0.3 is 14.8 Å². The van der Waals surface area contributed by atoms with E-state index in [9.17, 15) is 9.59 Å². The Morgan fingerprint density at radius 3 is 2.50 bits per heavy atom. The maximum absolute atomic E-state index is 11.7. The van der Waals surface area contributed by atoms with E-state index in [-0.39, 0.29) is 17.9 Å². The van der Waals surface area contributed by atoms with Crippen molar-refractivity contribution in [1.82, 2.24) is 5.32 Å². The molecule has 0 heterocycles. The number of esters is 1. The average molecular weight is 257 g/mol. The number of amides is 1. The van der Waals surface area contributed by atoms with Crippen LogP contribution in [0.15, 0.2) is 12.7 Å². The van der Waals surface area contributed by atoms with Gasteiger partial charge in [-0.05, 0) is 6.42 Å². The van der Waals surface area contributed by atoms with E-state index in [1.54, 1.807) is 0 Å². The molecule has 0 saturated carbocycles. The largest absolute Gasteiger partial charge is 0.460 e. The van der Waals surface area contributed by atoms with Gasteiger partial charge in [0.1, 0.15) is 6.61 Å². The summed E-state index contributed by atoms with van der Waals surface area (Å²) < 4.78 is 9.92. The van der Waals surface area contributed by atoms with Crippen LogP contribution in [0.25, 0.3) is 0 Å². The molecule has 0 aromatic heterocycles. The molecule has 5 heteroatoms. The van der Waals surface area contributed by atoms with E-state index in [0.717, 1.165) is 12.5 Å². The van der Waals surface area contributed by atoms with Gasteiger partial charge in [0.15, 0.2) is 0 Å². The molecule has 0 unspecified atom stereocenters. The lowest BCUT2D eigenvalue weighted by molar-refractivity contribution is -0.139. The Labute approximate surface area is 109 Å². The SMILES string of the molecule is C=CC(=O)OCCOCCNC(=O)C(C)(C)CC. The summed E-state index contributed by atoms with van der Waals surface area (Å²) in [5.74, 6) is -0.441. The molecule has 0 aliphatic heterocycles. The summed E-state index contributed by atoms with van der Waals surface area (Å²) >= 11 is 0. The van der Waals surface area contributed by atoms with Gasteiger partial charge in [-0.3, -0.25) is 4.79 Å². The van der Waals surface area contributed by atoms with Crippen LogP contribution in [0.5, 0.6) is 0 Å². The highest BCUT2D eigenvalue weighted by atomic mass is 16.6. The fourth-order valence-corrected chi connectivity index (χ4v) is 0.999. The highest BCUT2D eigenvalue weighted by molar-refractivity contribution is 5.81. The van der Waals surface area contributed by atoms with E-state index < -0.39 is 5.97 Å². The second kappa shape index (κ2) is 8.69. The molecule has 18 heavy (non-hydrogen) atoms. The lowest BCUT2D eigenvalue weighted by Gasteiger charge is -2.21. The van der Waals surface area contributed by atoms with Crippen LogP contribution >= 0.6 is 0 Å². The van der Waals surface area contributed by atoms with Crippen molar-refractivity contribution >= 4 is 11.9 Å². The predicted octanol–water partition coefficient (Wildman–Crippen LogP) is 1.28. The van der Waals surface area contributed by atoms with Gasteiger partial charge in [0.2, 0.25) is 5.91 Å². The van der Waals surface area contributed by atoms with Gasteiger partial charge in [-0.2, -0.15) is 0 Å². The number of carbonyl (C=O) groups is 2. The first-order valence-corrected chi connectivity index (χ1v) is 6.09. The lowest BCUT2D eigenvalue weighted by Crippen LogP contribution is -2.38. The number of nitrogens with one attached hydrogen (secondary N) is 1. The van der Waals surface area contributed by atoms with E-state index in [0.29, 0.717) is 19.8 Å². The van der Waals surface area contributed by atoms with Crippen LogP contribution in [-0.4, -0.2) is 38.2 Å². The highest BCUT2D eigenvalue weighted by Gasteiger charge is 2.24. The molecule has 0 rings (SSSR count). The van der Waals surface area contributed by atoms with Crippen LogP contribution in [0.3, 0.4) is 0 Å². The topological polar surface area (TPSA) is 64.6 Å². The minimum absolute atomic E-state index is 0.0201. The quantitative estimate of drug-likeness (QED) is 0.384. The first-order valence-electron chi connectivity index (χ1n) is 6.09. The molecule has 0 aromatic carbocycles. The molecule has 0 saturated heterocycles. The predicted molar refractivity (Wildman–Crippen MR) is 69.1 cm³/mol. The highest BCUT2D eigenvalue weighted by Crippen LogP contribution is 2.18. The first-order chi connectivity index (χ1) is 8.44. The van der Waals surface area contributed by atoms with Crippen molar-refractivity contribution in [2.75, 3.05) is 26.4 Å². The Balaban J connectivity index is 3.49. The molecule has 0 spiro atoms. The first kappa shape index (κ1) is 16.6. The van der Waals surface area contributed by atoms with E-state index >= 15 is 0 Å². The smallest absolute Gasteiger partial charge is 0.330 e. The molecule has 5 nitrogen and oxygen atoms in total. The second-order valence-electron chi connectivity index (χ2n) is 4.48. The summed E-state index contributed by atoms with van der Waals surface area (Å²) in [5, 5.41) is 2.80. The van der Waals surface area contributed by atoms with Crippen LogP contribution in [0.1, 0.15) is 27.2 Å². The standard InChI is InChI=1S/C13H23NO4/c1-5-11(15)18-10-9-17-8-7-14-12(16)13(3,4)6-2/h5H,1,6-10H2,2-4H3,(H,14,16). The molecule has 0 radical (unpaired) electrons. The maximum atomic E-state index is 11.7. The molecule has 0 aliphatic rings. The van der Waals surface area contributed by atoms with Gasteiger partial charge in [0, 0.05) is 18.0 Å². The van der Waals surface area contributed by atoms with Crippen molar-refractivity contribution in [2.45, 2.75) is 27.2 Å². The van der Waals surface area contributed by atoms with Crippen LogP contribution in [-0.2, 0) is 19.1 Å². The fraction of sp³-hybridized carbons (Fsp3) is 0.692. The zero-order valence-corrected chi connectivity index (χ0v) is 11.5. The molecule has 0 atom stereocenters. The third kappa shape index (κ3) is 7.06. The van der Waals surface area contributed by atoms with Crippen molar-refractivity contribution in [1.29, 1.82) is 0 Å². The Bertz CT molecular complexity index is 287. The molecule has 0 aliphatic carbocycles. The summed E-state index contributed by atoms with van der Waals surface area (Å²) in [7, 11) is 0. The Hall–Kier alpha value is -1.36. The van der Waals surface area contributed by atoms with Gasteiger partial charge in [-0.25, -0.2) is 4.79 Å². The molecule has 1 N–H and O–H groups in total. The summed E-state index contributed by atoms with van der Waals surface area (Å²) in [6, 6.07) is 0. The van der Waals surface area contributed by atoms with Crippen molar-refractivity contribution < 1.29 is 19.1 Å². The normalized spacial score (nSPS) is 10.8. The average Bonchev–Trinajstić information content (AvgIpc) is 2.36. The van der Waals surface area contributed by atoms with Crippen LogP contribution in [0.4, 0.5) is 0 Å². The Morgan fingerprint density at radius 2 is 1.94 bits per heavy atom. The maximum Gasteiger partial charge on any atom is 0.330 e. The minimum atomic E-state index is -0.461. The van der Waals surface area contributed by atoms with Gasteiger partial charge in [-0.15, -0.1) is 0 Å². The molecule has 1 amide bonds. The van der Waals surface area contributed by atoms with Crippen LogP contribution in [0.2, 0.25) is 0 Å². The van der Waals surface area contributed by atoms with Crippen molar-refractivity contribution in [3.8, 4) is 0 Å². The summed E-state index contributed by atoms with van der Waals surface area (Å²) in [5.41, 5.74) is -0.348. The molecular weight excluding hydrogens is 234 g/mol. The number of hydrogen-bond acceptors (Lipinski definition) is 4. The third-order valence-corrected chi connectivity index (χ3v) is 2.67. The van der Waals surface area contributed by atoms with Gasteiger partial charge in [0.25, 0.3) is 0 Å². The van der Waals surface area contributed by atoms with E-state index in [1.807, 2.05) is 20.8 Å². The van der Waals surface area contributed by atoms with Gasteiger partial charge in [0.05, 0.1) is 13.2 Å². The van der Waals surface area contributed by atoms with Gasteiger partial charge in [-0.1, -0.05) is 27.4 Å². The molecule has 104 valence electrons. The molecule has 0 aromatic rings. The fourth-order valence-electron chi connectivity index (χ4n) is 0.999. The summed E-state index contributed by atoms with van der Waals surface area (Å²) in [6.07, 6.45) is 1.89. The van der Waals surface area contributed by atoms with E-state index in [2.05, 4.69) is 11.9 Å². The summed E-state index contributed by atoms with van der Waals surface area (Å²) in [6.45, 7) is 10.4. The zero-order valence-electron chi connectivity index (χ0n) is 11.5. The Morgan fingerprint density at radius 1 is 1.28 bits per heavy atom. The third-order valence-electron chi connectivity index (χ3n) is 2.67. The van der Waals surface area contributed by atoms with Gasteiger partial charge >= 0.3 is 5.97 Å². The van der Waals surface area contributed by atoms with E-state index in [4.69, 9.17) is 9.47 Å². The van der Waals surface area contributed by atoms with Crippen molar-refractivity contribution in [2.24, 2.45) is 5.41 Å².